The maximum absolute atomic E-state index is 13.7. The fourth-order valence-electron chi connectivity index (χ4n) is 2.55. The largest absolute Gasteiger partial charge is 0.349 e. The number of hydrogen-bond donors (Lipinski definition) is 1. The van der Waals surface area contributed by atoms with Gasteiger partial charge in [0.25, 0.3) is 5.91 Å². The Balaban J connectivity index is 1.89. The Morgan fingerprint density at radius 3 is 2.75 bits per heavy atom. The quantitative estimate of drug-likeness (QED) is 0.926. The third-order valence-electron chi connectivity index (χ3n) is 3.64. The molecule has 20 heavy (non-hydrogen) atoms. The molecule has 0 aliphatic carbocycles. The Hall–Kier alpha value is -1.13. The topological polar surface area (TPSA) is 32.3 Å². The number of hydrogen-bond acceptors (Lipinski definition) is 2. The molecule has 1 heterocycles. The van der Waals surface area contributed by atoms with Crippen LogP contribution in [-0.2, 0) is 0 Å². The second kappa shape index (κ2) is 7.04. The van der Waals surface area contributed by atoms with Crippen molar-refractivity contribution in [2.75, 3.05) is 19.6 Å². The van der Waals surface area contributed by atoms with Crippen molar-refractivity contribution in [1.29, 1.82) is 0 Å². The number of rotatable bonds is 4. The van der Waals surface area contributed by atoms with E-state index in [4.69, 9.17) is 11.6 Å². The molecule has 1 aliphatic rings. The van der Waals surface area contributed by atoms with Gasteiger partial charge in [-0.15, -0.1) is 0 Å². The molecule has 1 aliphatic heterocycles. The van der Waals surface area contributed by atoms with Gasteiger partial charge in [-0.3, -0.25) is 4.79 Å². The summed E-state index contributed by atoms with van der Waals surface area (Å²) in [5.74, 6) is -0.925. The van der Waals surface area contributed by atoms with Crippen molar-refractivity contribution in [3.63, 3.8) is 0 Å². The molecule has 0 radical (unpaired) electrons. The van der Waals surface area contributed by atoms with Gasteiger partial charge in [-0.25, -0.2) is 4.39 Å². The standard InChI is InChI=1S/C15H20ClFN2O/c1-2-7-19-8-5-12(6-9-19)18-15(20)13-4-3-11(16)10-14(13)17/h3-4,10,12H,2,5-9H2,1H3,(H,18,20). The molecule has 2 rings (SSSR count). The summed E-state index contributed by atoms with van der Waals surface area (Å²) >= 11 is 5.68. The molecule has 0 bridgehead atoms. The minimum Gasteiger partial charge on any atom is -0.349 e. The summed E-state index contributed by atoms with van der Waals surface area (Å²) in [6.45, 7) is 5.24. The SMILES string of the molecule is CCCN1CCC(NC(=O)c2ccc(Cl)cc2F)CC1. The van der Waals surface area contributed by atoms with Gasteiger partial charge in [0.05, 0.1) is 5.56 Å². The van der Waals surface area contributed by atoms with E-state index in [0.29, 0.717) is 5.02 Å². The number of halogens is 2. The average molecular weight is 299 g/mol. The number of nitrogens with one attached hydrogen (secondary N) is 1. The molecular formula is C15H20ClFN2O. The van der Waals surface area contributed by atoms with Crippen molar-refractivity contribution in [1.82, 2.24) is 10.2 Å². The lowest BCUT2D eigenvalue weighted by atomic mass is 10.0. The molecule has 1 fully saturated rings. The number of amides is 1. The molecular weight excluding hydrogens is 279 g/mol. The maximum Gasteiger partial charge on any atom is 0.254 e. The second-order valence-corrected chi connectivity index (χ2v) is 5.65. The minimum absolute atomic E-state index is 0.0605. The predicted molar refractivity (Wildman–Crippen MR) is 78.6 cm³/mol. The van der Waals surface area contributed by atoms with Gasteiger partial charge in [-0.05, 0) is 44.0 Å². The van der Waals surface area contributed by atoms with Gasteiger partial charge < -0.3 is 10.2 Å². The molecule has 3 nitrogen and oxygen atoms in total. The first-order chi connectivity index (χ1) is 9.60. The molecule has 0 aromatic heterocycles. The van der Waals surface area contributed by atoms with Gasteiger partial charge in [-0.2, -0.15) is 0 Å². The summed E-state index contributed by atoms with van der Waals surface area (Å²) in [4.78, 5) is 14.4. The van der Waals surface area contributed by atoms with Gasteiger partial charge in [0.2, 0.25) is 0 Å². The average Bonchev–Trinajstić information content (AvgIpc) is 2.41. The van der Waals surface area contributed by atoms with Gasteiger partial charge in [-0.1, -0.05) is 18.5 Å². The van der Waals surface area contributed by atoms with E-state index < -0.39 is 5.82 Å². The maximum atomic E-state index is 13.7. The Morgan fingerprint density at radius 2 is 2.15 bits per heavy atom. The Labute approximate surface area is 124 Å². The van der Waals surface area contributed by atoms with Crippen LogP contribution in [0.1, 0.15) is 36.5 Å². The molecule has 5 heteroatoms. The third kappa shape index (κ3) is 3.93. The first kappa shape index (κ1) is 15.3. The van der Waals surface area contributed by atoms with Gasteiger partial charge in [0.15, 0.2) is 0 Å². The van der Waals surface area contributed by atoms with E-state index in [0.717, 1.165) is 38.9 Å². The van der Waals surface area contributed by atoms with Crippen molar-refractivity contribution in [2.45, 2.75) is 32.2 Å². The number of piperidine rings is 1. The minimum atomic E-state index is -0.571. The van der Waals surface area contributed by atoms with Crippen molar-refractivity contribution in [2.24, 2.45) is 0 Å². The van der Waals surface area contributed by atoms with E-state index in [-0.39, 0.29) is 17.5 Å². The van der Waals surface area contributed by atoms with Crippen LogP contribution in [0.15, 0.2) is 18.2 Å². The molecule has 0 unspecified atom stereocenters. The Bertz CT molecular complexity index is 473. The lowest BCUT2D eigenvalue weighted by molar-refractivity contribution is 0.0907. The smallest absolute Gasteiger partial charge is 0.254 e. The van der Waals surface area contributed by atoms with E-state index in [1.165, 1.54) is 18.2 Å². The zero-order valence-electron chi connectivity index (χ0n) is 11.7. The van der Waals surface area contributed by atoms with Crippen LogP contribution in [-0.4, -0.2) is 36.5 Å². The number of nitrogens with zero attached hydrogens (tertiary/aromatic N) is 1. The predicted octanol–water partition coefficient (Wildman–Crippen LogP) is 3.08. The lowest BCUT2D eigenvalue weighted by Gasteiger charge is -2.32. The fourth-order valence-corrected chi connectivity index (χ4v) is 2.71. The van der Waals surface area contributed by atoms with Crippen molar-refractivity contribution < 1.29 is 9.18 Å². The van der Waals surface area contributed by atoms with Crippen LogP contribution < -0.4 is 5.32 Å². The number of benzene rings is 1. The van der Waals surface area contributed by atoms with E-state index >= 15 is 0 Å². The number of likely N-dealkylation sites (tertiary alicyclic amines) is 1. The fraction of sp³-hybridized carbons (Fsp3) is 0.533. The monoisotopic (exact) mass is 298 g/mol. The second-order valence-electron chi connectivity index (χ2n) is 5.21. The molecule has 0 saturated carbocycles. The van der Waals surface area contributed by atoms with Crippen LogP contribution in [0.4, 0.5) is 4.39 Å². The van der Waals surface area contributed by atoms with E-state index in [1.807, 2.05) is 0 Å². The van der Waals surface area contributed by atoms with Crippen LogP contribution in [0.2, 0.25) is 5.02 Å². The molecule has 1 aromatic carbocycles. The molecule has 1 amide bonds. The van der Waals surface area contributed by atoms with Gasteiger partial charge in [0.1, 0.15) is 5.82 Å². The van der Waals surface area contributed by atoms with Crippen LogP contribution in [0.3, 0.4) is 0 Å². The van der Waals surface area contributed by atoms with Gasteiger partial charge >= 0.3 is 0 Å². The zero-order valence-corrected chi connectivity index (χ0v) is 12.4. The van der Waals surface area contributed by atoms with Crippen LogP contribution in [0, 0.1) is 5.82 Å². The first-order valence-electron chi connectivity index (χ1n) is 7.08. The molecule has 1 aromatic rings. The number of carbonyl (C=O) groups excluding carboxylic acids is 1. The van der Waals surface area contributed by atoms with Crippen LogP contribution in [0.25, 0.3) is 0 Å². The summed E-state index contributed by atoms with van der Waals surface area (Å²) in [7, 11) is 0. The highest BCUT2D eigenvalue weighted by Gasteiger charge is 2.21. The molecule has 0 spiro atoms. The van der Waals surface area contributed by atoms with Crippen molar-refractivity contribution in [3.05, 3.63) is 34.6 Å². The summed E-state index contributed by atoms with van der Waals surface area (Å²) in [6, 6.07) is 4.26. The Kier molecular flexibility index (Phi) is 5.38. The summed E-state index contributed by atoms with van der Waals surface area (Å²) < 4.78 is 13.7. The van der Waals surface area contributed by atoms with Crippen molar-refractivity contribution >= 4 is 17.5 Å². The van der Waals surface area contributed by atoms with E-state index in [9.17, 15) is 9.18 Å². The summed E-state index contributed by atoms with van der Waals surface area (Å²) in [6.07, 6.45) is 2.98. The first-order valence-corrected chi connectivity index (χ1v) is 7.46. The van der Waals surface area contributed by atoms with E-state index in [2.05, 4.69) is 17.1 Å². The van der Waals surface area contributed by atoms with Crippen LogP contribution in [0.5, 0.6) is 0 Å². The molecule has 1 N–H and O–H groups in total. The zero-order chi connectivity index (χ0) is 14.5. The van der Waals surface area contributed by atoms with Gasteiger partial charge in [0, 0.05) is 24.2 Å². The molecule has 110 valence electrons. The summed E-state index contributed by atoms with van der Waals surface area (Å²) in [5, 5.41) is 3.21. The highest BCUT2D eigenvalue weighted by Crippen LogP contribution is 2.16. The normalized spacial score (nSPS) is 17.1. The highest BCUT2D eigenvalue weighted by molar-refractivity contribution is 6.30. The van der Waals surface area contributed by atoms with Crippen LogP contribution >= 0.6 is 11.6 Å². The summed E-state index contributed by atoms with van der Waals surface area (Å²) in [5.41, 5.74) is 0.0605. The molecule has 1 saturated heterocycles. The number of carbonyl (C=O) groups is 1. The van der Waals surface area contributed by atoms with E-state index in [1.54, 1.807) is 0 Å². The highest BCUT2D eigenvalue weighted by atomic mass is 35.5. The van der Waals surface area contributed by atoms with Crippen molar-refractivity contribution in [3.8, 4) is 0 Å². The Morgan fingerprint density at radius 1 is 1.45 bits per heavy atom. The lowest BCUT2D eigenvalue weighted by Crippen LogP contribution is -2.44. The molecule has 0 atom stereocenters. The third-order valence-corrected chi connectivity index (χ3v) is 3.87.